The molecular formula is C17H20BrN3O3. The number of hydrogen-bond acceptors (Lipinski definition) is 3. The maximum Gasteiger partial charge on any atom is 0.244 e. The molecule has 0 radical (unpaired) electrons. The number of carbonyl (C=O) groups excluding carboxylic acids is 3. The number of likely N-dealkylation sites (tertiary alicyclic amines) is 1. The van der Waals surface area contributed by atoms with E-state index in [4.69, 9.17) is 5.73 Å². The summed E-state index contributed by atoms with van der Waals surface area (Å²) in [5.41, 5.74) is 6.06. The molecule has 128 valence electrons. The summed E-state index contributed by atoms with van der Waals surface area (Å²) in [4.78, 5) is 38.1. The molecule has 24 heavy (non-hydrogen) atoms. The van der Waals surface area contributed by atoms with Crippen molar-refractivity contribution in [1.29, 1.82) is 0 Å². The molecular weight excluding hydrogens is 374 g/mol. The molecule has 1 saturated heterocycles. The van der Waals surface area contributed by atoms with Gasteiger partial charge in [0.05, 0.1) is 5.92 Å². The largest absolute Gasteiger partial charge is 0.368 e. The van der Waals surface area contributed by atoms with Crippen LogP contribution in [0.2, 0.25) is 0 Å². The number of rotatable bonds is 6. The highest BCUT2D eigenvalue weighted by Crippen LogP contribution is 2.32. The highest BCUT2D eigenvalue weighted by atomic mass is 79.9. The van der Waals surface area contributed by atoms with E-state index in [1.807, 2.05) is 6.07 Å². The van der Waals surface area contributed by atoms with Gasteiger partial charge in [-0.15, -0.1) is 0 Å². The third-order valence-corrected chi connectivity index (χ3v) is 5.01. The van der Waals surface area contributed by atoms with E-state index >= 15 is 0 Å². The van der Waals surface area contributed by atoms with Gasteiger partial charge in [-0.2, -0.15) is 0 Å². The molecule has 1 saturated carbocycles. The quantitative estimate of drug-likeness (QED) is 0.763. The molecule has 1 aliphatic carbocycles. The number of nitrogens with one attached hydrogen (secondary N) is 1. The summed E-state index contributed by atoms with van der Waals surface area (Å²) < 4.78 is 0.798. The molecule has 1 aliphatic heterocycles. The Labute approximate surface area is 148 Å². The zero-order chi connectivity index (χ0) is 17.3. The van der Waals surface area contributed by atoms with Crippen molar-refractivity contribution in [2.45, 2.75) is 25.3 Å². The first-order valence-electron chi connectivity index (χ1n) is 8.07. The summed E-state index contributed by atoms with van der Waals surface area (Å²) in [5, 5.41) is 2.70. The number of hydrogen-bond donors (Lipinski definition) is 2. The molecule has 0 aromatic heterocycles. The number of halogens is 1. The van der Waals surface area contributed by atoms with Crippen LogP contribution in [0.5, 0.6) is 0 Å². The topological polar surface area (TPSA) is 92.5 Å². The molecule has 2 aliphatic rings. The minimum Gasteiger partial charge on any atom is -0.368 e. The summed E-state index contributed by atoms with van der Waals surface area (Å²) in [5.74, 6) is -0.743. The lowest BCUT2D eigenvalue weighted by molar-refractivity contribution is -0.130. The standard InChI is InChI=1S/C17H20BrN3O3/c18-13-3-1-2-11(6-13)15(16(19)23)20-17(24)12-7-14(22)21(9-12)8-10-4-5-10/h1-3,6,10,12,15H,4-5,7-9H2,(H2,19,23)(H,20,24)/t12-,15+/m0/s1. The molecule has 0 spiro atoms. The van der Waals surface area contributed by atoms with E-state index in [-0.39, 0.29) is 18.2 Å². The average Bonchev–Trinajstić information content (AvgIpc) is 3.27. The van der Waals surface area contributed by atoms with Crippen LogP contribution in [0.15, 0.2) is 28.7 Å². The molecule has 1 heterocycles. The van der Waals surface area contributed by atoms with Crippen molar-refractivity contribution in [1.82, 2.24) is 10.2 Å². The van der Waals surface area contributed by atoms with E-state index in [0.717, 1.165) is 23.9 Å². The molecule has 3 amide bonds. The van der Waals surface area contributed by atoms with Crippen molar-refractivity contribution in [3.8, 4) is 0 Å². The Morgan fingerprint density at radius 3 is 2.75 bits per heavy atom. The van der Waals surface area contributed by atoms with Crippen LogP contribution in [0, 0.1) is 11.8 Å². The zero-order valence-electron chi connectivity index (χ0n) is 13.2. The lowest BCUT2D eigenvalue weighted by Gasteiger charge is -2.19. The van der Waals surface area contributed by atoms with Crippen LogP contribution in [0.1, 0.15) is 30.9 Å². The fourth-order valence-electron chi connectivity index (χ4n) is 3.00. The first-order valence-corrected chi connectivity index (χ1v) is 8.86. The van der Waals surface area contributed by atoms with Crippen molar-refractivity contribution < 1.29 is 14.4 Å². The maximum atomic E-state index is 12.5. The normalized spacial score (nSPS) is 21.6. The van der Waals surface area contributed by atoms with E-state index in [0.29, 0.717) is 18.0 Å². The summed E-state index contributed by atoms with van der Waals surface area (Å²) in [7, 11) is 0. The second-order valence-corrected chi connectivity index (χ2v) is 7.46. The molecule has 7 heteroatoms. The van der Waals surface area contributed by atoms with Gasteiger partial charge < -0.3 is 16.0 Å². The Hall–Kier alpha value is -1.89. The van der Waals surface area contributed by atoms with Gasteiger partial charge in [-0.05, 0) is 36.5 Å². The van der Waals surface area contributed by atoms with Crippen LogP contribution in [0.3, 0.4) is 0 Å². The molecule has 0 bridgehead atoms. The monoisotopic (exact) mass is 393 g/mol. The number of nitrogens with two attached hydrogens (primary N) is 1. The van der Waals surface area contributed by atoms with Crippen LogP contribution < -0.4 is 11.1 Å². The summed E-state index contributed by atoms with van der Waals surface area (Å²) in [6, 6.07) is 6.18. The van der Waals surface area contributed by atoms with Crippen molar-refractivity contribution in [3.05, 3.63) is 34.3 Å². The van der Waals surface area contributed by atoms with Crippen molar-refractivity contribution >= 4 is 33.7 Å². The van der Waals surface area contributed by atoms with Gasteiger partial charge in [-0.1, -0.05) is 28.1 Å². The van der Waals surface area contributed by atoms with Crippen molar-refractivity contribution in [2.24, 2.45) is 17.6 Å². The third-order valence-electron chi connectivity index (χ3n) is 4.51. The molecule has 0 unspecified atom stereocenters. The molecule has 2 atom stereocenters. The van der Waals surface area contributed by atoms with Gasteiger partial charge in [0.15, 0.2) is 0 Å². The van der Waals surface area contributed by atoms with Gasteiger partial charge in [0.1, 0.15) is 6.04 Å². The summed E-state index contributed by atoms with van der Waals surface area (Å²) in [6.07, 6.45) is 2.52. The average molecular weight is 394 g/mol. The van der Waals surface area contributed by atoms with E-state index < -0.39 is 17.9 Å². The number of carbonyl (C=O) groups is 3. The first-order chi connectivity index (χ1) is 11.4. The summed E-state index contributed by atoms with van der Waals surface area (Å²) >= 11 is 3.34. The van der Waals surface area contributed by atoms with Crippen molar-refractivity contribution in [2.75, 3.05) is 13.1 Å². The smallest absolute Gasteiger partial charge is 0.244 e. The SMILES string of the molecule is NC(=O)[C@H](NC(=O)[C@H]1CC(=O)N(CC2CC2)C1)c1cccc(Br)c1. The predicted molar refractivity (Wildman–Crippen MR) is 91.6 cm³/mol. The Kier molecular flexibility index (Phi) is 4.89. The van der Waals surface area contributed by atoms with Gasteiger partial charge in [0.2, 0.25) is 17.7 Å². The van der Waals surface area contributed by atoms with Crippen LogP contribution >= 0.6 is 15.9 Å². The minimum absolute atomic E-state index is 0.0140. The van der Waals surface area contributed by atoms with Gasteiger partial charge in [0.25, 0.3) is 0 Å². The highest BCUT2D eigenvalue weighted by Gasteiger charge is 2.38. The van der Waals surface area contributed by atoms with Crippen LogP contribution in [-0.4, -0.2) is 35.7 Å². The van der Waals surface area contributed by atoms with Crippen LogP contribution in [0.25, 0.3) is 0 Å². The lowest BCUT2D eigenvalue weighted by atomic mass is 10.0. The molecule has 1 aromatic carbocycles. The highest BCUT2D eigenvalue weighted by molar-refractivity contribution is 9.10. The van der Waals surface area contributed by atoms with Crippen molar-refractivity contribution in [3.63, 3.8) is 0 Å². The summed E-state index contributed by atoms with van der Waals surface area (Å²) in [6.45, 7) is 1.17. The number of nitrogens with zero attached hydrogens (tertiary/aromatic N) is 1. The molecule has 2 fully saturated rings. The second kappa shape index (κ2) is 6.93. The van der Waals surface area contributed by atoms with Gasteiger partial charge in [-0.25, -0.2) is 0 Å². The lowest BCUT2D eigenvalue weighted by Crippen LogP contribution is -2.41. The van der Waals surface area contributed by atoms with Gasteiger partial charge >= 0.3 is 0 Å². The van der Waals surface area contributed by atoms with E-state index in [9.17, 15) is 14.4 Å². The number of benzene rings is 1. The number of primary amides is 1. The van der Waals surface area contributed by atoms with Crippen LogP contribution in [-0.2, 0) is 14.4 Å². The zero-order valence-corrected chi connectivity index (χ0v) is 14.8. The molecule has 3 rings (SSSR count). The Balaban J connectivity index is 1.65. The molecule has 6 nitrogen and oxygen atoms in total. The minimum atomic E-state index is -0.900. The maximum absolute atomic E-state index is 12.5. The fourth-order valence-corrected chi connectivity index (χ4v) is 3.42. The van der Waals surface area contributed by atoms with E-state index in [1.54, 1.807) is 23.1 Å². The predicted octanol–water partition coefficient (Wildman–Crippen LogP) is 1.35. The second-order valence-electron chi connectivity index (χ2n) is 6.54. The van der Waals surface area contributed by atoms with Gasteiger partial charge in [0, 0.05) is 24.0 Å². The van der Waals surface area contributed by atoms with Crippen LogP contribution in [0.4, 0.5) is 0 Å². The first kappa shape index (κ1) is 17.0. The molecule has 1 aromatic rings. The Morgan fingerprint density at radius 2 is 2.12 bits per heavy atom. The van der Waals surface area contributed by atoms with E-state index in [1.165, 1.54) is 0 Å². The Bertz CT molecular complexity index is 675. The van der Waals surface area contributed by atoms with E-state index in [2.05, 4.69) is 21.2 Å². The van der Waals surface area contributed by atoms with Gasteiger partial charge in [-0.3, -0.25) is 14.4 Å². The number of amides is 3. The third kappa shape index (κ3) is 3.95. The Morgan fingerprint density at radius 1 is 1.38 bits per heavy atom. The fraction of sp³-hybridized carbons (Fsp3) is 0.471. The molecule has 3 N–H and O–H groups in total.